The van der Waals surface area contributed by atoms with Gasteiger partial charge < -0.3 is 10.6 Å². The number of carbonyl (C=O) groups is 1. The first-order chi connectivity index (χ1) is 8.69. The van der Waals surface area contributed by atoms with Gasteiger partial charge in [-0.15, -0.1) is 0 Å². The number of hydrogen-bond donors (Lipinski definition) is 2. The number of nitrogens with one attached hydrogen (secondary N) is 2. The van der Waals surface area contributed by atoms with Crippen LogP contribution in [0.15, 0.2) is 6.20 Å². The summed E-state index contributed by atoms with van der Waals surface area (Å²) in [7, 11) is 1.87. The van der Waals surface area contributed by atoms with Crippen molar-refractivity contribution < 1.29 is 4.79 Å². The SMILES string of the molecule is CCc1nn(C)cc1NC(=O)CC1CSCCN1. The number of hydrogen-bond acceptors (Lipinski definition) is 4. The summed E-state index contributed by atoms with van der Waals surface area (Å²) in [5.41, 5.74) is 1.78. The van der Waals surface area contributed by atoms with Crippen LogP contribution in [-0.4, -0.2) is 39.8 Å². The highest BCUT2D eigenvalue weighted by Gasteiger charge is 2.17. The van der Waals surface area contributed by atoms with E-state index < -0.39 is 0 Å². The number of rotatable bonds is 4. The average molecular weight is 268 g/mol. The van der Waals surface area contributed by atoms with Gasteiger partial charge in [0.1, 0.15) is 0 Å². The lowest BCUT2D eigenvalue weighted by atomic mass is 10.2. The molecule has 1 unspecified atom stereocenters. The van der Waals surface area contributed by atoms with Gasteiger partial charge in [0.2, 0.25) is 5.91 Å². The van der Waals surface area contributed by atoms with E-state index in [1.165, 1.54) is 0 Å². The van der Waals surface area contributed by atoms with Gasteiger partial charge in [-0.25, -0.2) is 0 Å². The van der Waals surface area contributed by atoms with Crippen molar-refractivity contribution in [2.45, 2.75) is 25.8 Å². The van der Waals surface area contributed by atoms with Crippen LogP contribution in [0.1, 0.15) is 19.0 Å². The van der Waals surface area contributed by atoms with Crippen LogP contribution < -0.4 is 10.6 Å². The van der Waals surface area contributed by atoms with E-state index in [9.17, 15) is 4.79 Å². The van der Waals surface area contributed by atoms with Crippen molar-refractivity contribution in [2.24, 2.45) is 7.05 Å². The second-order valence-corrected chi connectivity index (χ2v) is 5.64. The molecular weight excluding hydrogens is 248 g/mol. The number of nitrogens with zero attached hydrogens (tertiary/aromatic N) is 2. The van der Waals surface area contributed by atoms with Gasteiger partial charge in [-0.05, 0) is 6.42 Å². The summed E-state index contributed by atoms with van der Waals surface area (Å²) in [5.74, 6) is 2.22. The summed E-state index contributed by atoms with van der Waals surface area (Å²) in [6, 6.07) is 0.297. The first-order valence-corrected chi connectivity index (χ1v) is 7.48. The minimum atomic E-state index is 0.0673. The number of anilines is 1. The Bertz CT molecular complexity index is 412. The Morgan fingerprint density at radius 1 is 1.72 bits per heavy atom. The molecule has 1 amide bonds. The Morgan fingerprint density at radius 2 is 2.56 bits per heavy atom. The van der Waals surface area contributed by atoms with Crippen LogP contribution in [0, 0.1) is 0 Å². The molecule has 18 heavy (non-hydrogen) atoms. The first-order valence-electron chi connectivity index (χ1n) is 6.32. The molecule has 5 nitrogen and oxygen atoms in total. The molecule has 6 heteroatoms. The zero-order valence-corrected chi connectivity index (χ0v) is 11.7. The predicted octanol–water partition coefficient (Wildman–Crippen LogP) is 1.02. The minimum absolute atomic E-state index is 0.0673. The highest BCUT2D eigenvalue weighted by Crippen LogP contribution is 2.15. The highest BCUT2D eigenvalue weighted by atomic mass is 32.2. The standard InChI is InChI=1S/C12H20N4OS/c1-3-10-11(7-16(2)15-10)14-12(17)6-9-8-18-5-4-13-9/h7,9,13H,3-6,8H2,1-2H3,(H,14,17). The molecule has 100 valence electrons. The van der Waals surface area contributed by atoms with Crippen LogP contribution >= 0.6 is 11.8 Å². The third kappa shape index (κ3) is 3.49. The van der Waals surface area contributed by atoms with Crippen LogP contribution in [0.4, 0.5) is 5.69 Å². The Morgan fingerprint density at radius 3 is 3.22 bits per heavy atom. The van der Waals surface area contributed by atoms with Gasteiger partial charge in [0.15, 0.2) is 0 Å². The van der Waals surface area contributed by atoms with E-state index in [0.29, 0.717) is 12.5 Å². The van der Waals surface area contributed by atoms with Crippen molar-refractivity contribution in [1.29, 1.82) is 0 Å². The third-order valence-electron chi connectivity index (χ3n) is 2.94. The van der Waals surface area contributed by atoms with Gasteiger partial charge in [-0.1, -0.05) is 6.92 Å². The maximum atomic E-state index is 12.0. The molecule has 0 saturated carbocycles. The molecule has 1 saturated heterocycles. The molecule has 0 radical (unpaired) electrons. The molecule has 2 heterocycles. The molecule has 0 aliphatic carbocycles. The van der Waals surface area contributed by atoms with Crippen molar-refractivity contribution in [3.63, 3.8) is 0 Å². The minimum Gasteiger partial charge on any atom is -0.323 e. The van der Waals surface area contributed by atoms with Crippen LogP contribution in [0.5, 0.6) is 0 Å². The summed E-state index contributed by atoms with van der Waals surface area (Å²) in [5, 5.41) is 10.6. The van der Waals surface area contributed by atoms with Crippen LogP contribution in [0.2, 0.25) is 0 Å². The number of aryl methyl sites for hydroxylation is 2. The highest BCUT2D eigenvalue weighted by molar-refractivity contribution is 7.99. The lowest BCUT2D eigenvalue weighted by Gasteiger charge is -2.22. The number of thioether (sulfide) groups is 1. The van der Waals surface area contributed by atoms with E-state index in [-0.39, 0.29) is 5.91 Å². The third-order valence-corrected chi connectivity index (χ3v) is 4.08. The first kappa shape index (κ1) is 13.4. The molecular formula is C12H20N4OS. The molecule has 2 rings (SSSR count). The average Bonchev–Trinajstić information content (AvgIpc) is 2.70. The number of amides is 1. The summed E-state index contributed by atoms with van der Waals surface area (Å²) in [6.45, 7) is 3.03. The van der Waals surface area contributed by atoms with Gasteiger partial charge in [0.25, 0.3) is 0 Å². The Hall–Kier alpha value is -1.01. The number of carbonyl (C=O) groups excluding carboxylic acids is 1. The molecule has 0 spiro atoms. The second-order valence-electron chi connectivity index (χ2n) is 4.49. The second kappa shape index (κ2) is 6.24. The topological polar surface area (TPSA) is 59.0 Å². The quantitative estimate of drug-likeness (QED) is 0.856. The summed E-state index contributed by atoms with van der Waals surface area (Å²) in [6.07, 6.45) is 3.22. The maximum Gasteiger partial charge on any atom is 0.226 e. The van der Waals surface area contributed by atoms with E-state index in [0.717, 1.165) is 35.9 Å². The molecule has 2 N–H and O–H groups in total. The summed E-state index contributed by atoms with van der Waals surface area (Å²) in [4.78, 5) is 12.0. The molecule has 1 aromatic rings. The number of aromatic nitrogens is 2. The van der Waals surface area contributed by atoms with Crippen LogP contribution in [-0.2, 0) is 18.3 Å². The lowest BCUT2D eigenvalue weighted by Crippen LogP contribution is -2.39. The monoisotopic (exact) mass is 268 g/mol. The van der Waals surface area contributed by atoms with Crippen LogP contribution in [0.25, 0.3) is 0 Å². The van der Waals surface area contributed by atoms with Crippen molar-refractivity contribution in [2.75, 3.05) is 23.4 Å². The van der Waals surface area contributed by atoms with Crippen molar-refractivity contribution in [3.05, 3.63) is 11.9 Å². The largest absolute Gasteiger partial charge is 0.323 e. The normalized spacial score (nSPS) is 19.8. The summed E-state index contributed by atoms with van der Waals surface area (Å²) >= 11 is 1.90. The van der Waals surface area contributed by atoms with E-state index >= 15 is 0 Å². The summed E-state index contributed by atoms with van der Waals surface area (Å²) < 4.78 is 1.74. The fourth-order valence-electron chi connectivity index (χ4n) is 2.08. The van der Waals surface area contributed by atoms with Crippen molar-refractivity contribution >= 4 is 23.4 Å². The molecule has 0 aromatic carbocycles. The fraction of sp³-hybridized carbons (Fsp3) is 0.667. The maximum absolute atomic E-state index is 12.0. The molecule has 1 atom stereocenters. The van der Waals surface area contributed by atoms with E-state index in [1.54, 1.807) is 4.68 Å². The zero-order valence-electron chi connectivity index (χ0n) is 10.9. The van der Waals surface area contributed by atoms with Gasteiger partial charge in [-0.3, -0.25) is 9.48 Å². The Kier molecular flexibility index (Phi) is 4.66. The lowest BCUT2D eigenvalue weighted by molar-refractivity contribution is -0.116. The van der Waals surface area contributed by atoms with Crippen LogP contribution in [0.3, 0.4) is 0 Å². The van der Waals surface area contributed by atoms with Crippen molar-refractivity contribution in [3.8, 4) is 0 Å². The predicted molar refractivity (Wildman–Crippen MR) is 74.9 cm³/mol. The smallest absolute Gasteiger partial charge is 0.226 e. The molecule has 1 aliphatic heterocycles. The van der Waals surface area contributed by atoms with Gasteiger partial charge in [0, 0.05) is 43.8 Å². The van der Waals surface area contributed by atoms with E-state index in [1.807, 2.05) is 31.9 Å². The Balaban J connectivity index is 1.89. The molecule has 0 bridgehead atoms. The Labute approximate surface area is 112 Å². The van der Waals surface area contributed by atoms with Gasteiger partial charge in [0.05, 0.1) is 11.4 Å². The molecule has 1 fully saturated rings. The molecule has 1 aromatic heterocycles. The fourth-order valence-corrected chi connectivity index (χ4v) is 3.02. The van der Waals surface area contributed by atoms with Crippen molar-refractivity contribution in [1.82, 2.24) is 15.1 Å². The van der Waals surface area contributed by atoms with E-state index in [4.69, 9.17) is 0 Å². The zero-order chi connectivity index (χ0) is 13.0. The molecule has 1 aliphatic rings. The van der Waals surface area contributed by atoms with Gasteiger partial charge in [-0.2, -0.15) is 16.9 Å². The van der Waals surface area contributed by atoms with E-state index in [2.05, 4.69) is 15.7 Å². The van der Waals surface area contributed by atoms with Gasteiger partial charge >= 0.3 is 0 Å².